The molecule has 0 aromatic rings. The van der Waals surface area contributed by atoms with Gasteiger partial charge in [0, 0.05) is 4.87 Å². The normalized spacial score (nSPS) is 13.8. The minimum absolute atomic E-state index is 0.0285. The van der Waals surface area contributed by atoms with Gasteiger partial charge in [0.1, 0.15) is 0 Å². The van der Waals surface area contributed by atoms with Crippen LogP contribution in [0, 0.1) is 5.92 Å². The monoisotopic (exact) mass is 274 g/mol. The van der Waals surface area contributed by atoms with Gasteiger partial charge in [-0.15, -0.1) is 11.6 Å². The Bertz CT molecular complexity index is 169. The standard InChI is InChI=1S/C17H35Cl/c1-5-6-7-8-9-10-11-12-13-14-15-16(2)17(3,4)18/h16H,5-15H2,1-4H3. The minimum atomic E-state index is -0.0285. The second-order valence-corrected chi connectivity index (χ2v) is 7.41. The van der Waals surface area contributed by atoms with E-state index in [2.05, 4.69) is 27.7 Å². The number of alkyl halides is 1. The Morgan fingerprint density at radius 3 is 1.56 bits per heavy atom. The molecule has 0 saturated heterocycles. The second-order valence-electron chi connectivity index (χ2n) is 6.44. The first kappa shape index (κ1) is 18.3. The van der Waals surface area contributed by atoms with Gasteiger partial charge in [0.05, 0.1) is 0 Å². The second kappa shape index (κ2) is 11.1. The topological polar surface area (TPSA) is 0 Å². The number of hydrogen-bond acceptors (Lipinski definition) is 0. The van der Waals surface area contributed by atoms with Crippen LogP contribution in [0.2, 0.25) is 0 Å². The molecule has 1 unspecified atom stereocenters. The zero-order chi connectivity index (χ0) is 13.9. The zero-order valence-corrected chi connectivity index (χ0v) is 14.0. The van der Waals surface area contributed by atoms with E-state index < -0.39 is 0 Å². The van der Waals surface area contributed by atoms with Crippen molar-refractivity contribution >= 4 is 11.6 Å². The average molecular weight is 275 g/mol. The Labute approximate surface area is 121 Å². The molecule has 1 atom stereocenters. The molecule has 110 valence electrons. The van der Waals surface area contributed by atoms with Gasteiger partial charge in [0.2, 0.25) is 0 Å². The lowest BCUT2D eigenvalue weighted by atomic mass is 9.91. The molecule has 0 heterocycles. The highest BCUT2D eigenvalue weighted by Crippen LogP contribution is 2.28. The molecule has 0 saturated carbocycles. The molecule has 0 aromatic heterocycles. The van der Waals surface area contributed by atoms with E-state index in [1.54, 1.807) is 0 Å². The van der Waals surface area contributed by atoms with E-state index in [0.717, 1.165) is 0 Å². The van der Waals surface area contributed by atoms with Gasteiger partial charge in [-0.25, -0.2) is 0 Å². The van der Waals surface area contributed by atoms with E-state index in [1.165, 1.54) is 70.6 Å². The third-order valence-electron chi connectivity index (χ3n) is 4.16. The summed E-state index contributed by atoms with van der Waals surface area (Å²) in [6.07, 6.45) is 15.5. The highest BCUT2D eigenvalue weighted by molar-refractivity contribution is 6.23. The maximum atomic E-state index is 6.31. The molecule has 18 heavy (non-hydrogen) atoms. The van der Waals surface area contributed by atoms with Crippen LogP contribution in [0.25, 0.3) is 0 Å². The van der Waals surface area contributed by atoms with Crippen molar-refractivity contribution in [1.82, 2.24) is 0 Å². The molecule has 1 heteroatoms. The van der Waals surface area contributed by atoms with Crippen molar-refractivity contribution < 1.29 is 0 Å². The van der Waals surface area contributed by atoms with E-state index in [0.29, 0.717) is 5.92 Å². The molecule has 0 nitrogen and oxygen atoms in total. The summed E-state index contributed by atoms with van der Waals surface area (Å²) in [5.41, 5.74) is 0. The third-order valence-corrected chi connectivity index (χ3v) is 4.54. The van der Waals surface area contributed by atoms with Gasteiger partial charge in [-0.2, -0.15) is 0 Å². The molecule has 0 fully saturated rings. The Balaban J connectivity index is 3.17. The maximum absolute atomic E-state index is 6.31. The maximum Gasteiger partial charge on any atom is 0.0416 e. The summed E-state index contributed by atoms with van der Waals surface area (Å²) < 4.78 is 0. The van der Waals surface area contributed by atoms with Gasteiger partial charge in [-0.1, -0.05) is 78.1 Å². The van der Waals surface area contributed by atoms with Crippen molar-refractivity contribution in [2.45, 2.75) is 103 Å². The van der Waals surface area contributed by atoms with Gasteiger partial charge in [-0.05, 0) is 26.2 Å². The average Bonchev–Trinajstić information content (AvgIpc) is 2.30. The van der Waals surface area contributed by atoms with Crippen LogP contribution in [0.5, 0.6) is 0 Å². The Hall–Kier alpha value is 0.290. The number of rotatable bonds is 12. The molecule has 0 aliphatic heterocycles. The van der Waals surface area contributed by atoms with Crippen molar-refractivity contribution in [3.8, 4) is 0 Å². The highest BCUT2D eigenvalue weighted by atomic mass is 35.5. The lowest BCUT2D eigenvalue weighted by Gasteiger charge is -2.24. The molecule has 0 aromatic carbocycles. The van der Waals surface area contributed by atoms with Crippen molar-refractivity contribution in [2.75, 3.05) is 0 Å². The molecule has 0 amide bonds. The van der Waals surface area contributed by atoms with Crippen LogP contribution in [0.15, 0.2) is 0 Å². The quantitative estimate of drug-likeness (QED) is 0.267. The van der Waals surface area contributed by atoms with Crippen molar-refractivity contribution in [1.29, 1.82) is 0 Å². The van der Waals surface area contributed by atoms with Crippen LogP contribution >= 0.6 is 11.6 Å². The molecular formula is C17H35Cl. The SMILES string of the molecule is CCCCCCCCCCCCC(C)C(C)(C)Cl. The summed E-state index contributed by atoms with van der Waals surface area (Å²) in [7, 11) is 0. The van der Waals surface area contributed by atoms with E-state index >= 15 is 0 Å². The largest absolute Gasteiger partial charge is 0.120 e. The lowest BCUT2D eigenvalue weighted by molar-refractivity contribution is 0.400. The molecule has 0 radical (unpaired) electrons. The molecule has 0 bridgehead atoms. The van der Waals surface area contributed by atoms with Crippen LogP contribution < -0.4 is 0 Å². The molecule has 0 N–H and O–H groups in total. The molecule has 0 aliphatic carbocycles. The zero-order valence-electron chi connectivity index (χ0n) is 13.2. The number of unbranched alkanes of at least 4 members (excludes halogenated alkanes) is 9. The van der Waals surface area contributed by atoms with Crippen LogP contribution in [-0.2, 0) is 0 Å². The summed E-state index contributed by atoms with van der Waals surface area (Å²) in [5, 5.41) is 0. The Morgan fingerprint density at radius 1 is 0.778 bits per heavy atom. The van der Waals surface area contributed by atoms with Gasteiger partial charge in [-0.3, -0.25) is 0 Å². The molecular weight excluding hydrogens is 240 g/mol. The fraction of sp³-hybridized carbons (Fsp3) is 1.00. The summed E-state index contributed by atoms with van der Waals surface area (Å²) in [6.45, 7) is 8.83. The van der Waals surface area contributed by atoms with Gasteiger partial charge in [0.25, 0.3) is 0 Å². The van der Waals surface area contributed by atoms with Gasteiger partial charge < -0.3 is 0 Å². The van der Waals surface area contributed by atoms with Crippen LogP contribution in [0.4, 0.5) is 0 Å². The van der Waals surface area contributed by atoms with Gasteiger partial charge >= 0.3 is 0 Å². The summed E-state index contributed by atoms with van der Waals surface area (Å²) in [4.78, 5) is -0.0285. The van der Waals surface area contributed by atoms with E-state index in [-0.39, 0.29) is 4.87 Å². The number of halogens is 1. The highest BCUT2D eigenvalue weighted by Gasteiger charge is 2.21. The lowest BCUT2D eigenvalue weighted by Crippen LogP contribution is -2.21. The van der Waals surface area contributed by atoms with E-state index in [9.17, 15) is 0 Å². The predicted octanol–water partition coefficient (Wildman–Crippen LogP) is 6.95. The summed E-state index contributed by atoms with van der Waals surface area (Å²) in [5.74, 6) is 0.633. The molecule has 0 aliphatic rings. The van der Waals surface area contributed by atoms with Crippen LogP contribution in [0.3, 0.4) is 0 Å². The minimum Gasteiger partial charge on any atom is -0.120 e. The first-order valence-electron chi connectivity index (χ1n) is 8.17. The fourth-order valence-corrected chi connectivity index (χ4v) is 2.39. The summed E-state index contributed by atoms with van der Waals surface area (Å²) in [6, 6.07) is 0. The Morgan fingerprint density at radius 2 is 1.17 bits per heavy atom. The first-order valence-corrected chi connectivity index (χ1v) is 8.55. The molecule has 0 spiro atoms. The molecule has 0 rings (SSSR count). The van der Waals surface area contributed by atoms with Crippen molar-refractivity contribution in [3.63, 3.8) is 0 Å². The Kier molecular flexibility index (Phi) is 11.3. The van der Waals surface area contributed by atoms with E-state index in [1.807, 2.05) is 0 Å². The van der Waals surface area contributed by atoms with Crippen LogP contribution in [0.1, 0.15) is 98.3 Å². The number of hydrogen-bond donors (Lipinski definition) is 0. The smallest absolute Gasteiger partial charge is 0.0416 e. The third kappa shape index (κ3) is 11.4. The van der Waals surface area contributed by atoms with Crippen molar-refractivity contribution in [2.24, 2.45) is 5.92 Å². The van der Waals surface area contributed by atoms with Crippen molar-refractivity contribution in [3.05, 3.63) is 0 Å². The van der Waals surface area contributed by atoms with E-state index in [4.69, 9.17) is 11.6 Å². The summed E-state index contributed by atoms with van der Waals surface area (Å²) >= 11 is 6.31. The fourth-order valence-electron chi connectivity index (χ4n) is 2.28. The van der Waals surface area contributed by atoms with Gasteiger partial charge in [0.15, 0.2) is 0 Å². The van der Waals surface area contributed by atoms with Crippen LogP contribution in [-0.4, -0.2) is 4.87 Å². The predicted molar refractivity (Wildman–Crippen MR) is 85.6 cm³/mol. The first-order chi connectivity index (χ1) is 8.48.